The van der Waals surface area contributed by atoms with E-state index in [0.29, 0.717) is 23.5 Å². The van der Waals surface area contributed by atoms with E-state index >= 15 is 0 Å². The Kier molecular flexibility index (Phi) is 14.2. The molecule has 0 heterocycles. The van der Waals surface area contributed by atoms with Gasteiger partial charge in [0.05, 0.1) is 4.90 Å². The maximum Gasteiger partial charge on any atom is 1.00 e. The normalized spacial score (nSPS) is 11.2. The summed E-state index contributed by atoms with van der Waals surface area (Å²) in [6.07, 6.45) is 13.0. The van der Waals surface area contributed by atoms with Crippen LogP contribution in [0, 0.1) is 0 Å². The summed E-state index contributed by atoms with van der Waals surface area (Å²) in [6, 6.07) is 10.4. The van der Waals surface area contributed by atoms with Gasteiger partial charge in [0.1, 0.15) is 11.5 Å². The zero-order chi connectivity index (χ0) is 21.8. The molecule has 1 N–H and O–H groups in total. The first-order valence-electron chi connectivity index (χ1n) is 11.0. The molecular formula is C24H33KO5S. The number of hydrogen-bond donors (Lipinski definition) is 1. The average Bonchev–Trinajstić information content (AvgIpc) is 2.71. The summed E-state index contributed by atoms with van der Waals surface area (Å²) in [6.45, 7) is 2.23. The van der Waals surface area contributed by atoms with Crippen LogP contribution >= 0.6 is 0 Å². The SMILES string of the molecule is CCCCCCCCCCCCc1c([O-])cccc1Oc1ccc(S(=O)(=O)O)cc1.[K+]. The van der Waals surface area contributed by atoms with Gasteiger partial charge in [-0.1, -0.05) is 76.8 Å². The maximum atomic E-state index is 12.3. The third-order valence-corrected chi connectivity index (χ3v) is 6.09. The third kappa shape index (κ3) is 10.8. The second kappa shape index (κ2) is 15.4. The minimum atomic E-state index is -4.24. The van der Waals surface area contributed by atoms with Gasteiger partial charge in [0.15, 0.2) is 0 Å². The predicted molar refractivity (Wildman–Crippen MR) is 118 cm³/mol. The van der Waals surface area contributed by atoms with Crippen molar-refractivity contribution < 1.29 is 74.2 Å². The van der Waals surface area contributed by atoms with E-state index in [2.05, 4.69) is 6.92 Å². The second-order valence-corrected chi connectivity index (χ2v) is 9.13. The zero-order valence-electron chi connectivity index (χ0n) is 18.8. The standard InChI is InChI=1S/C24H34O5S.K/c1-2-3-4-5-6-7-8-9-10-11-13-22-23(25)14-12-15-24(22)29-20-16-18-21(19-17-20)30(26,27)28;/h12,14-19,25H,2-11,13H2,1H3,(H,26,27,28);/q;+1/p-1. The molecule has 0 aliphatic rings. The van der Waals surface area contributed by atoms with E-state index in [4.69, 9.17) is 9.29 Å². The average molecular weight is 473 g/mol. The molecule has 0 bridgehead atoms. The second-order valence-electron chi connectivity index (χ2n) is 7.71. The Morgan fingerprint density at radius 1 is 0.839 bits per heavy atom. The fraction of sp³-hybridized carbons (Fsp3) is 0.500. The molecule has 5 nitrogen and oxygen atoms in total. The predicted octanol–water partition coefficient (Wildman–Crippen LogP) is 3.27. The van der Waals surface area contributed by atoms with E-state index in [1.165, 1.54) is 75.6 Å². The number of hydrogen-bond acceptors (Lipinski definition) is 4. The molecule has 2 aromatic rings. The molecule has 0 saturated carbocycles. The van der Waals surface area contributed by atoms with Gasteiger partial charge in [-0.05, 0) is 48.7 Å². The molecule has 0 unspecified atom stereocenters. The minimum Gasteiger partial charge on any atom is -0.872 e. The number of ether oxygens (including phenoxy) is 1. The van der Waals surface area contributed by atoms with Crippen molar-refractivity contribution in [3.63, 3.8) is 0 Å². The van der Waals surface area contributed by atoms with Crippen LogP contribution in [0.4, 0.5) is 0 Å². The van der Waals surface area contributed by atoms with Crippen molar-refractivity contribution in [1.29, 1.82) is 0 Å². The van der Waals surface area contributed by atoms with Crippen LogP contribution in [-0.2, 0) is 16.5 Å². The van der Waals surface area contributed by atoms with Gasteiger partial charge < -0.3 is 9.84 Å². The molecule has 2 aromatic carbocycles. The first-order chi connectivity index (χ1) is 14.4. The van der Waals surface area contributed by atoms with Gasteiger partial charge in [-0.2, -0.15) is 8.42 Å². The Morgan fingerprint density at radius 2 is 1.39 bits per heavy atom. The van der Waals surface area contributed by atoms with Gasteiger partial charge in [0.25, 0.3) is 10.1 Å². The summed E-state index contributed by atoms with van der Waals surface area (Å²) in [5.74, 6) is 0.869. The first kappa shape index (κ1) is 28.6. The number of benzene rings is 2. The molecule has 31 heavy (non-hydrogen) atoms. The van der Waals surface area contributed by atoms with Gasteiger partial charge in [-0.15, -0.1) is 5.75 Å². The molecule has 0 aromatic heterocycles. The summed E-state index contributed by atoms with van der Waals surface area (Å²) in [4.78, 5) is -0.196. The summed E-state index contributed by atoms with van der Waals surface area (Å²) in [5, 5.41) is 12.3. The molecular weight excluding hydrogens is 439 g/mol. The molecule has 7 heteroatoms. The molecule has 0 aliphatic carbocycles. The summed E-state index contributed by atoms with van der Waals surface area (Å²) in [7, 11) is -4.24. The van der Waals surface area contributed by atoms with Crippen LogP contribution in [0.3, 0.4) is 0 Å². The summed E-state index contributed by atoms with van der Waals surface area (Å²) in [5.41, 5.74) is 0.649. The number of unbranched alkanes of at least 4 members (excludes halogenated alkanes) is 9. The van der Waals surface area contributed by atoms with Crippen molar-refractivity contribution in [2.45, 2.75) is 82.4 Å². The van der Waals surface area contributed by atoms with Gasteiger partial charge in [0.2, 0.25) is 0 Å². The van der Waals surface area contributed by atoms with Crippen molar-refractivity contribution >= 4 is 10.1 Å². The Balaban J connectivity index is 0.00000480. The fourth-order valence-corrected chi connectivity index (χ4v) is 3.96. The fourth-order valence-electron chi connectivity index (χ4n) is 3.48. The number of rotatable bonds is 14. The van der Waals surface area contributed by atoms with E-state index in [-0.39, 0.29) is 62.0 Å². The van der Waals surface area contributed by atoms with Gasteiger partial charge in [-0.3, -0.25) is 4.55 Å². The first-order valence-corrected chi connectivity index (χ1v) is 12.4. The largest absolute Gasteiger partial charge is 1.00 e. The van der Waals surface area contributed by atoms with E-state index in [1.807, 2.05) is 0 Å². The van der Waals surface area contributed by atoms with Gasteiger partial charge >= 0.3 is 51.4 Å². The molecule has 0 atom stereocenters. The Labute approximate surface area is 229 Å². The molecule has 0 saturated heterocycles. The maximum absolute atomic E-state index is 12.3. The smallest absolute Gasteiger partial charge is 0.872 e. The quantitative estimate of drug-likeness (QED) is 0.259. The minimum absolute atomic E-state index is 0. The van der Waals surface area contributed by atoms with Gasteiger partial charge in [-0.25, -0.2) is 0 Å². The van der Waals surface area contributed by atoms with E-state index in [1.54, 1.807) is 18.2 Å². The molecule has 0 amide bonds. The van der Waals surface area contributed by atoms with Crippen molar-refractivity contribution in [2.75, 3.05) is 0 Å². The molecule has 0 aliphatic heterocycles. The van der Waals surface area contributed by atoms with Crippen LogP contribution in [0.5, 0.6) is 17.2 Å². The Hall–Kier alpha value is -0.414. The molecule has 0 fully saturated rings. The van der Waals surface area contributed by atoms with E-state index < -0.39 is 10.1 Å². The zero-order valence-corrected chi connectivity index (χ0v) is 22.7. The van der Waals surface area contributed by atoms with Crippen LogP contribution in [-0.4, -0.2) is 13.0 Å². The topological polar surface area (TPSA) is 86.7 Å². The molecule has 0 radical (unpaired) electrons. The van der Waals surface area contributed by atoms with Crippen LogP contribution in [0.25, 0.3) is 0 Å². The van der Waals surface area contributed by atoms with Crippen molar-refractivity contribution in [1.82, 2.24) is 0 Å². The van der Waals surface area contributed by atoms with Gasteiger partial charge in [0, 0.05) is 0 Å². The summed E-state index contributed by atoms with van der Waals surface area (Å²) < 4.78 is 37.2. The van der Waals surface area contributed by atoms with Crippen LogP contribution in [0.1, 0.15) is 76.7 Å². The van der Waals surface area contributed by atoms with Crippen LogP contribution in [0.15, 0.2) is 47.4 Å². The molecule has 2 rings (SSSR count). The monoisotopic (exact) mass is 472 g/mol. The van der Waals surface area contributed by atoms with E-state index in [0.717, 1.165) is 12.8 Å². The van der Waals surface area contributed by atoms with E-state index in [9.17, 15) is 13.5 Å². The Bertz CT molecular complexity index is 866. The van der Waals surface area contributed by atoms with Crippen LogP contribution < -0.4 is 61.2 Å². The van der Waals surface area contributed by atoms with Crippen molar-refractivity contribution in [3.05, 3.63) is 48.0 Å². The van der Waals surface area contributed by atoms with Crippen molar-refractivity contribution in [2.24, 2.45) is 0 Å². The third-order valence-electron chi connectivity index (χ3n) is 5.22. The molecule has 166 valence electrons. The molecule has 0 spiro atoms. The van der Waals surface area contributed by atoms with Crippen LogP contribution in [0.2, 0.25) is 0 Å². The summed E-state index contributed by atoms with van der Waals surface area (Å²) >= 11 is 0. The Morgan fingerprint density at radius 3 is 1.94 bits per heavy atom. The van der Waals surface area contributed by atoms with Crippen molar-refractivity contribution in [3.8, 4) is 17.2 Å².